The average Bonchev–Trinajstić information content (AvgIpc) is 3.20. The lowest BCUT2D eigenvalue weighted by Gasteiger charge is -2.15. The standard InChI is InChI=1S/C23H29N3O2S/c1-18-7-6-10-21(13-18)25-23(28)17-29-16-22(27)24-14-19-8-2-3-9-20(19)15-26-11-4-5-12-26/h2-3,6-10,13H,4-5,11-12,14-17H2,1H3,(H,24,27)(H,25,28)/p+1. The SMILES string of the molecule is Cc1cccc(NC(=O)CSCC(=O)NCc2ccccc2C[NH+]2CCCC2)c1. The van der Waals surface area contributed by atoms with Gasteiger partial charge in [-0.3, -0.25) is 9.59 Å². The number of benzene rings is 2. The van der Waals surface area contributed by atoms with Crippen LogP contribution < -0.4 is 15.5 Å². The molecule has 2 aromatic carbocycles. The van der Waals surface area contributed by atoms with Crippen LogP contribution in [-0.2, 0) is 22.7 Å². The number of anilines is 1. The molecule has 154 valence electrons. The van der Waals surface area contributed by atoms with Gasteiger partial charge >= 0.3 is 0 Å². The zero-order valence-electron chi connectivity index (χ0n) is 17.0. The van der Waals surface area contributed by atoms with Crippen LogP contribution in [0.5, 0.6) is 0 Å². The molecule has 0 spiro atoms. The molecule has 0 atom stereocenters. The van der Waals surface area contributed by atoms with Gasteiger partial charge < -0.3 is 15.5 Å². The predicted molar refractivity (Wildman–Crippen MR) is 119 cm³/mol. The summed E-state index contributed by atoms with van der Waals surface area (Å²) in [6.45, 7) is 6.03. The van der Waals surface area contributed by atoms with Gasteiger partial charge in [-0.1, -0.05) is 36.4 Å². The normalized spacial score (nSPS) is 14.0. The molecule has 1 heterocycles. The average molecular weight is 413 g/mol. The van der Waals surface area contributed by atoms with Crippen LogP contribution in [0.2, 0.25) is 0 Å². The van der Waals surface area contributed by atoms with Crippen molar-refractivity contribution >= 4 is 29.3 Å². The molecule has 0 saturated carbocycles. The summed E-state index contributed by atoms with van der Waals surface area (Å²) in [5.74, 6) is 0.408. The molecule has 0 unspecified atom stereocenters. The Labute approximate surface area is 177 Å². The van der Waals surface area contributed by atoms with Crippen LogP contribution in [0.1, 0.15) is 29.5 Å². The third kappa shape index (κ3) is 7.22. The number of carbonyl (C=O) groups is 2. The molecule has 0 aromatic heterocycles. The highest BCUT2D eigenvalue weighted by Crippen LogP contribution is 2.11. The van der Waals surface area contributed by atoms with Gasteiger partial charge in [-0.2, -0.15) is 0 Å². The van der Waals surface area contributed by atoms with E-state index in [1.807, 2.05) is 37.3 Å². The Hall–Kier alpha value is -2.31. The first-order valence-corrected chi connectivity index (χ1v) is 11.4. The Balaban J connectivity index is 1.38. The van der Waals surface area contributed by atoms with Gasteiger partial charge in [0.25, 0.3) is 0 Å². The lowest BCUT2D eigenvalue weighted by molar-refractivity contribution is -0.901. The van der Waals surface area contributed by atoms with E-state index in [1.165, 1.54) is 48.8 Å². The highest BCUT2D eigenvalue weighted by atomic mass is 32.2. The van der Waals surface area contributed by atoms with Crippen LogP contribution >= 0.6 is 11.8 Å². The molecule has 1 saturated heterocycles. The fourth-order valence-corrected chi connectivity index (χ4v) is 4.27. The zero-order valence-corrected chi connectivity index (χ0v) is 17.8. The molecule has 0 aliphatic carbocycles. The molecule has 0 bridgehead atoms. The zero-order chi connectivity index (χ0) is 20.5. The van der Waals surface area contributed by atoms with Gasteiger partial charge in [0.2, 0.25) is 11.8 Å². The lowest BCUT2D eigenvalue weighted by Crippen LogP contribution is -3.08. The van der Waals surface area contributed by atoms with Gasteiger partial charge in [0.1, 0.15) is 6.54 Å². The molecular formula is C23H30N3O2S+. The van der Waals surface area contributed by atoms with E-state index in [4.69, 9.17) is 0 Å². The van der Waals surface area contributed by atoms with Crippen molar-refractivity contribution in [1.29, 1.82) is 0 Å². The van der Waals surface area contributed by atoms with E-state index in [-0.39, 0.29) is 23.3 Å². The summed E-state index contributed by atoms with van der Waals surface area (Å²) in [7, 11) is 0. The Morgan fingerprint density at radius 1 is 0.966 bits per heavy atom. The van der Waals surface area contributed by atoms with E-state index in [0.29, 0.717) is 6.54 Å². The maximum Gasteiger partial charge on any atom is 0.234 e. The summed E-state index contributed by atoms with van der Waals surface area (Å²) in [6, 6.07) is 16.0. The first-order chi connectivity index (χ1) is 14.1. The predicted octanol–water partition coefficient (Wildman–Crippen LogP) is 2.16. The number of amides is 2. The molecule has 0 radical (unpaired) electrons. The first-order valence-electron chi connectivity index (χ1n) is 10.2. The Morgan fingerprint density at radius 3 is 2.45 bits per heavy atom. The number of hydrogen-bond acceptors (Lipinski definition) is 3. The van der Waals surface area contributed by atoms with Gasteiger partial charge in [-0.25, -0.2) is 0 Å². The molecule has 2 amide bonds. The molecule has 6 heteroatoms. The quantitative estimate of drug-likeness (QED) is 0.592. The molecule has 1 aliphatic rings. The number of likely N-dealkylation sites (tertiary alicyclic amines) is 1. The second-order valence-electron chi connectivity index (χ2n) is 7.59. The molecule has 5 nitrogen and oxygen atoms in total. The highest BCUT2D eigenvalue weighted by Gasteiger charge is 2.17. The van der Waals surface area contributed by atoms with Crippen molar-refractivity contribution in [2.24, 2.45) is 0 Å². The lowest BCUT2D eigenvalue weighted by atomic mass is 10.1. The summed E-state index contributed by atoms with van der Waals surface area (Å²) < 4.78 is 0. The van der Waals surface area contributed by atoms with Crippen molar-refractivity contribution in [3.05, 3.63) is 65.2 Å². The van der Waals surface area contributed by atoms with Crippen molar-refractivity contribution in [1.82, 2.24) is 5.32 Å². The Bertz CT molecular complexity index is 834. The van der Waals surface area contributed by atoms with Crippen LogP contribution in [0, 0.1) is 6.92 Å². The maximum absolute atomic E-state index is 12.2. The van der Waals surface area contributed by atoms with Crippen molar-refractivity contribution in [3.8, 4) is 0 Å². The summed E-state index contributed by atoms with van der Waals surface area (Å²) in [5.41, 5.74) is 4.38. The van der Waals surface area contributed by atoms with Gasteiger partial charge in [0, 0.05) is 30.6 Å². The second-order valence-corrected chi connectivity index (χ2v) is 8.58. The van der Waals surface area contributed by atoms with E-state index >= 15 is 0 Å². The first kappa shape index (κ1) is 21.4. The van der Waals surface area contributed by atoms with Crippen LogP contribution in [-0.4, -0.2) is 36.4 Å². The summed E-state index contributed by atoms with van der Waals surface area (Å²) in [5, 5.41) is 5.86. The number of rotatable bonds is 9. The highest BCUT2D eigenvalue weighted by molar-refractivity contribution is 8.00. The van der Waals surface area contributed by atoms with E-state index < -0.39 is 0 Å². The van der Waals surface area contributed by atoms with E-state index in [1.54, 1.807) is 4.90 Å². The minimum atomic E-state index is -0.0904. The molecular weight excluding hydrogens is 382 g/mol. The van der Waals surface area contributed by atoms with E-state index in [9.17, 15) is 9.59 Å². The summed E-state index contributed by atoms with van der Waals surface area (Å²) in [4.78, 5) is 25.8. The Kier molecular flexibility index (Phi) is 8.14. The minimum Gasteiger partial charge on any atom is -0.351 e. The molecule has 29 heavy (non-hydrogen) atoms. The summed E-state index contributed by atoms with van der Waals surface area (Å²) >= 11 is 1.33. The molecule has 3 rings (SSSR count). The number of nitrogens with one attached hydrogen (secondary N) is 3. The monoisotopic (exact) mass is 412 g/mol. The molecule has 1 fully saturated rings. The van der Waals surface area contributed by atoms with Gasteiger partial charge in [-0.15, -0.1) is 11.8 Å². The van der Waals surface area contributed by atoms with Crippen LogP contribution in [0.25, 0.3) is 0 Å². The van der Waals surface area contributed by atoms with E-state index in [0.717, 1.165) is 17.8 Å². The molecule has 3 N–H and O–H groups in total. The largest absolute Gasteiger partial charge is 0.351 e. The van der Waals surface area contributed by atoms with Crippen molar-refractivity contribution in [2.45, 2.75) is 32.9 Å². The molecule has 2 aromatic rings. The van der Waals surface area contributed by atoms with E-state index in [2.05, 4.69) is 28.8 Å². The summed E-state index contributed by atoms with van der Waals surface area (Å²) in [6.07, 6.45) is 2.62. The molecule has 1 aliphatic heterocycles. The van der Waals surface area contributed by atoms with Gasteiger partial charge in [0.15, 0.2) is 0 Å². The fraction of sp³-hybridized carbons (Fsp3) is 0.391. The maximum atomic E-state index is 12.2. The second kappa shape index (κ2) is 11.0. The number of thioether (sulfide) groups is 1. The number of quaternary nitrogens is 1. The van der Waals surface area contributed by atoms with Crippen molar-refractivity contribution < 1.29 is 14.5 Å². The Morgan fingerprint density at radius 2 is 1.69 bits per heavy atom. The van der Waals surface area contributed by atoms with Crippen LogP contribution in [0.15, 0.2) is 48.5 Å². The topological polar surface area (TPSA) is 62.6 Å². The van der Waals surface area contributed by atoms with Crippen LogP contribution in [0.4, 0.5) is 5.69 Å². The number of carbonyl (C=O) groups excluding carboxylic acids is 2. The van der Waals surface area contributed by atoms with Crippen LogP contribution in [0.3, 0.4) is 0 Å². The fourth-order valence-electron chi connectivity index (χ4n) is 3.62. The third-order valence-electron chi connectivity index (χ3n) is 5.11. The number of aryl methyl sites for hydroxylation is 1. The number of hydrogen-bond donors (Lipinski definition) is 3. The minimum absolute atomic E-state index is 0.0401. The van der Waals surface area contributed by atoms with Gasteiger partial charge in [-0.05, 0) is 30.2 Å². The van der Waals surface area contributed by atoms with Crippen molar-refractivity contribution in [2.75, 3.05) is 29.9 Å². The van der Waals surface area contributed by atoms with Gasteiger partial charge in [0.05, 0.1) is 24.6 Å². The smallest absolute Gasteiger partial charge is 0.234 e. The van der Waals surface area contributed by atoms with Crippen molar-refractivity contribution in [3.63, 3.8) is 0 Å². The third-order valence-corrected chi connectivity index (χ3v) is 6.05.